The van der Waals surface area contributed by atoms with Crippen LogP contribution < -0.4 is 10.6 Å². The third-order valence-electron chi connectivity index (χ3n) is 7.56. The lowest BCUT2D eigenvalue weighted by Crippen LogP contribution is -2.58. The van der Waals surface area contributed by atoms with E-state index in [4.69, 9.17) is 9.47 Å². The van der Waals surface area contributed by atoms with Crippen LogP contribution in [0.25, 0.3) is 11.1 Å². The molecule has 1 aliphatic heterocycles. The lowest BCUT2D eigenvalue weighted by Gasteiger charge is -2.29. The van der Waals surface area contributed by atoms with Crippen LogP contribution in [0.2, 0.25) is 0 Å². The Kier molecular flexibility index (Phi) is 6.47. The number of rotatable bonds is 7. The van der Waals surface area contributed by atoms with Crippen LogP contribution in [0.3, 0.4) is 0 Å². The fraction of sp³-hybridized carbons (Fsp3) is 0.444. The smallest absolute Gasteiger partial charge is 0.408 e. The fourth-order valence-corrected chi connectivity index (χ4v) is 5.73. The number of ether oxygens (including phenoxy) is 2. The average Bonchev–Trinajstić information content (AvgIpc) is 3.59. The van der Waals surface area contributed by atoms with Crippen LogP contribution in [0, 0.1) is 5.92 Å². The maximum atomic E-state index is 13.2. The lowest BCUT2D eigenvalue weighted by atomic mass is 9.95. The summed E-state index contributed by atoms with van der Waals surface area (Å²) in [6, 6.07) is 16.3. The second-order valence-corrected chi connectivity index (χ2v) is 9.63. The molecule has 2 aliphatic carbocycles. The normalized spacial score (nSPS) is 22.3. The molecule has 2 atom stereocenters. The number of benzene rings is 2. The summed E-state index contributed by atoms with van der Waals surface area (Å²) in [5.74, 6) is -1.66. The summed E-state index contributed by atoms with van der Waals surface area (Å²) in [6.07, 6.45) is 1.73. The Balaban J connectivity index is 1.22. The van der Waals surface area contributed by atoms with Crippen molar-refractivity contribution in [3.05, 3.63) is 59.7 Å². The molecular weight excluding hydrogens is 448 g/mol. The number of amides is 2. The van der Waals surface area contributed by atoms with E-state index in [0.29, 0.717) is 25.9 Å². The zero-order valence-electron chi connectivity index (χ0n) is 19.5. The van der Waals surface area contributed by atoms with Gasteiger partial charge in [0, 0.05) is 25.0 Å². The standard InChI is InChI=1S/C27H30N2O6/c30-24(31)23-17(11-14-34-23)15-28-25(32)27(12-5-6-13-27)29-26(33)35-16-22-20-9-3-1-7-18(20)19-8-2-4-10-21(19)22/h1-4,7-10,17,22-23H,5-6,11-16H2,(H,28,32)(H,29,33)(H,30,31). The van der Waals surface area contributed by atoms with Crippen LogP contribution in [-0.2, 0) is 19.1 Å². The van der Waals surface area contributed by atoms with Crippen LogP contribution in [0.4, 0.5) is 4.79 Å². The third-order valence-corrected chi connectivity index (χ3v) is 7.56. The van der Waals surface area contributed by atoms with E-state index in [0.717, 1.165) is 35.1 Å². The Labute approximate surface area is 204 Å². The van der Waals surface area contributed by atoms with Crippen molar-refractivity contribution in [3.8, 4) is 11.1 Å². The number of carbonyl (C=O) groups is 3. The predicted octanol–water partition coefficient (Wildman–Crippen LogP) is 3.44. The average molecular weight is 479 g/mol. The number of nitrogens with one attached hydrogen (secondary N) is 2. The van der Waals surface area contributed by atoms with Crippen molar-refractivity contribution in [3.63, 3.8) is 0 Å². The molecule has 2 unspecified atom stereocenters. The highest BCUT2D eigenvalue weighted by atomic mass is 16.5. The van der Waals surface area contributed by atoms with Gasteiger partial charge in [0.15, 0.2) is 6.10 Å². The Morgan fingerprint density at radius 1 is 1.00 bits per heavy atom. The summed E-state index contributed by atoms with van der Waals surface area (Å²) < 4.78 is 10.9. The number of aliphatic carboxylic acids is 1. The minimum Gasteiger partial charge on any atom is -0.479 e. The van der Waals surface area contributed by atoms with Gasteiger partial charge < -0.3 is 25.2 Å². The van der Waals surface area contributed by atoms with E-state index in [-0.39, 0.29) is 30.9 Å². The first kappa shape index (κ1) is 23.4. The largest absolute Gasteiger partial charge is 0.479 e. The Hall–Kier alpha value is -3.39. The van der Waals surface area contributed by atoms with Gasteiger partial charge in [-0.15, -0.1) is 0 Å². The second-order valence-electron chi connectivity index (χ2n) is 9.63. The van der Waals surface area contributed by atoms with Crippen molar-refractivity contribution in [2.45, 2.75) is 49.7 Å². The van der Waals surface area contributed by atoms with E-state index in [1.165, 1.54) is 0 Å². The summed E-state index contributed by atoms with van der Waals surface area (Å²) in [5, 5.41) is 15.0. The first-order valence-corrected chi connectivity index (χ1v) is 12.2. The zero-order valence-corrected chi connectivity index (χ0v) is 19.5. The lowest BCUT2D eigenvalue weighted by molar-refractivity contribution is -0.149. The summed E-state index contributed by atoms with van der Waals surface area (Å²) in [4.78, 5) is 37.4. The van der Waals surface area contributed by atoms with E-state index in [1.54, 1.807) is 0 Å². The van der Waals surface area contributed by atoms with Gasteiger partial charge in [0.2, 0.25) is 5.91 Å². The third kappa shape index (κ3) is 4.50. The number of alkyl carbamates (subject to hydrolysis) is 1. The molecule has 0 bridgehead atoms. The van der Waals surface area contributed by atoms with Crippen LogP contribution in [0.1, 0.15) is 49.1 Å². The van der Waals surface area contributed by atoms with Gasteiger partial charge in [-0.2, -0.15) is 0 Å². The molecule has 1 saturated heterocycles. The van der Waals surface area contributed by atoms with Gasteiger partial charge in [-0.25, -0.2) is 9.59 Å². The van der Waals surface area contributed by atoms with Gasteiger partial charge in [0.1, 0.15) is 12.1 Å². The van der Waals surface area contributed by atoms with E-state index in [1.807, 2.05) is 24.3 Å². The van der Waals surface area contributed by atoms with Crippen molar-refractivity contribution in [1.82, 2.24) is 10.6 Å². The van der Waals surface area contributed by atoms with Crippen molar-refractivity contribution in [2.24, 2.45) is 5.92 Å². The molecule has 8 heteroatoms. The molecule has 1 heterocycles. The molecule has 2 aromatic rings. The quantitative estimate of drug-likeness (QED) is 0.562. The van der Waals surface area contributed by atoms with E-state index >= 15 is 0 Å². The van der Waals surface area contributed by atoms with Gasteiger partial charge in [-0.3, -0.25) is 4.79 Å². The van der Waals surface area contributed by atoms with E-state index < -0.39 is 23.7 Å². The highest BCUT2D eigenvalue weighted by molar-refractivity contribution is 5.90. The first-order valence-electron chi connectivity index (χ1n) is 12.2. The fourth-order valence-electron chi connectivity index (χ4n) is 5.73. The number of hydrogen-bond donors (Lipinski definition) is 3. The number of fused-ring (bicyclic) bond motifs is 3. The number of carboxylic acids is 1. The van der Waals surface area contributed by atoms with Gasteiger partial charge in [0.05, 0.1) is 0 Å². The molecule has 0 aromatic heterocycles. The summed E-state index contributed by atoms with van der Waals surface area (Å²) in [5.41, 5.74) is 3.52. The molecule has 35 heavy (non-hydrogen) atoms. The van der Waals surface area contributed by atoms with Crippen LogP contribution in [0.5, 0.6) is 0 Å². The molecule has 0 radical (unpaired) electrons. The number of carbonyl (C=O) groups excluding carboxylic acids is 2. The van der Waals surface area contributed by atoms with Crippen molar-refractivity contribution in [1.29, 1.82) is 0 Å². The van der Waals surface area contributed by atoms with Crippen LogP contribution in [0.15, 0.2) is 48.5 Å². The van der Waals surface area contributed by atoms with E-state index in [9.17, 15) is 19.5 Å². The highest BCUT2D eigenvalue weighted by Crippen LogP contribution is 2.44. The molecule has 2 aromatic carbocycles. The van der Waals surface area contributed by atoms with E-state index in [2.05, 4.69) is 34.9 Å². The summed E-state index contributed by atoms with van der Waals surface area (Å²) in [6.45, 7) is 0.738. The molecule has 3 aliphatic rings. The first-order chi connectivity index (χ1) is 17.0. The molecule has 5 rings (SSSR count). The van der Waals surface area contributed by atoms with Crippen molar-refractivity contribution >= 4 is 18.0 Å². The Morgan fingerprint density at radius 2 is 1.63 bits per heavy atom. The zero-order chi connectivity index (χ0) is 24.4. The van der Waals surface area contributed by atoms with Gasteiger partial charge in [-0.1, -0.05) is 61.4 Å². The molecule has 3 N–H and O–H groups in total. The summed E-state index contributed by atoms with van der Waals surface area (Å²) >= 11 is 0. The Morgan fingerprint density at radius 3 is 2.26 bits per heavy atom. The highest BCUT2D eigenvalue weighted by Gasteiger charge is 2.44. The predicted molar refractivity (Wildman–Crippen MR) is 128 cm³/mol. The van der Waals surface area contributed by atoms with Crippen molar-refractivity contribution < 1.29 is 29.0 Å². The van der Waals surface area contributed by atoms with Gasteiger partial charge in [0.25, 0.3) is 0 Å². The molecule has 1 saturated carbocycles. The van der Waals surface area contributed by atoms with Gasteiger partial charge >= 0.3 is 12.1 Å². The molecule has 184 valence electrons. The molecule has 8 nitrogen and oxygen atoms in total. The SMILES string of the molecule is O=C(NC1(C(=O)NCC2CCOC2C(=O)O)CCCC1)OCC1c2ccccc2-c2ccccc21. The van der Waals surface area contributed by atoms with Crippen molar-refractivity contribution in [2.75, 3.05) is 19.8 Å². The monoisotopic (exact) mass is 478 g/mol. The minimum atomic E-state index is -1.04. The summed E-state index contributed by atoms with van der Waals surface area (Å²) in [7, 11) is 0. The van der Waals surface area contributed by atoms with Gasteiger partial charge in [-0.05, 0) is 41.5 Å². The molecule has 2 amide bonds. The minimum absolute atomic E-state index is 0.0585. The number of carboxylic acid groups (broad SMARTS) is 1. The second kappa shape index (κ2) is 9.70. The maximum Gasteiger partial charge on any atom is 0.408 e. The van der Waals surface area contributed by atoms with Crippen LogP contribution >= 0.6 is 0 Å². The topological polar surface area (TPSA) is 114 Å². The maximum absolute atomic E-state index is 13.2. The molecule has 0 spiro atoms. The Bertz CT molecular complexity index is 1080. The number of hydrogen-bond acceptors (Lipinski definition) is 5. The molecule has 2 fully saturated rings. The van der Waals surface area contributed by atoms with Crippen LogP contribution in [-0.4, -0.2) is 54.5 Å². The molecular formula is C27H30N2O6.